The smallest absolute Gasteiger partial charge is 0.191 e. The number of guanidine groups is 1. The number of ether oxygens (including phenoxy) is 2. The summed E-state index contributed by atoms with van der Waals surface area (Å²) in [5, 5.41) is 0. The highest BCUT2D eigenvalue weighted by molar-refractivity contribution is 5.78. The fourth-order valence-electron chi connectivity index (χ4n) is 1.87. The molecule has 0 saturated carbocycles. The summed E-state index contributed by atoms with van der Waals surface area (Å²) < 4.78 is 10.7. The molecule has 0 unspecified atom stereocenters. The molecule has 0 aromatic heterocycles. The Labute approximate surface area is 126 Å². The number of benzene rings is 1. The number of nitrogens with two attached hydrogens (primary N) is 1. The van der Waals surface area contributed by atoms with Gasteiger partial charge in [0.05, 0.1) is 13.7 Å². The predicted molar refractivity (Wildman–Crippen MR) is 85.6 cm³/mol. The molecule has 5 heteroatoms. The van der Waals surface area contributed by atoms with Gasteiger partial charge < -0.3 is 20.1 Å². The van der Waals surface area contributed by atoms with Crippen LogP contribution in [0.4, 0.5) is 0 Å². The zero-order chi connectivity index (χ0) is 15.7. The van der Waals surface area contributed by atoms with Gasteiger partial charge in [-0.1, -0.05) is 12.0 Å². The highest BCUT2D eigenvalue weighted by Gasteiger charge is 2.06. The zero-order valence-corrected chi connectivity index (χ0v) is 12.9. The van der Waals surface area contributed by atoms with Gasteiger partial charge >= 0.3 is 0 Å². The van der Waals surface area contributed by atoms with Crippen LogP contribution in [0.3, 0.4) is 0 Å². The standard InChI is InChI=1S/C16H23N3O2/c1-5-10-21-15-11-13(8-9-14(15)20-4)12-18-16(17)19(6-2)7-3/h1,8-9,11H,6-7,10,12H2,2-4H3,(H2,17,18). The normalized spacial score (nSPS) is 10.9. The molecule has 0 bridgehead atoms. The summed E-state index contributed by atoms with van der Waals surface area (Å²) in [7, 11) is 1.59. The zero-order valence-electron chi connectivity index (χ0n) is 12.9. The summed E-state index contributed by atoms with van der Waals surface area (Å²) >= 11 is 0. The lowest BCUT2D eigenvalue weighted by Crippen LogP contribution is -2.37. The van der Waals surface area contributed by atoms with Crippen LogP contribution in [0.5, 0.6) is 11.5 Å². The van der Waals surface area contributed by atoms with Crippen molar-refractivity contribution >= 4 is 5.96 Å². The topological polar surface area (TPSA) is 60.1 Å². The van der Waals surface area contributed by atoms with Crippen molar-refractivity contribution in [1.82, 2.24) is 4.90 Å². The monoisotopic (exact) mass is 289 g/mol. The Morgan fingerprint density at radius 1 is 1.33 bits per heavy atom. The van der Waals surface area contributed by atoms with Gasteiger partial charge in [0.25, 0.3) is 0 Å². The number of nitrogens with zero attached hydrogens (tertiary/aromatic N) is 2. The molecule has 1 rings (SSSR count). The van der Waals surface area contributed by atoms with Crippen LogP contribution in [0.2, 0.25) is 0 Å². The molecule has 0 aliphatic heterocycles. The van der Waals surface area contributed by atoms with Crippen LogP contribution in [0.25, 0.3) is 0 Å². The average Bonchev–Trinajstić information content (AvgIpc) is 2.52. The third kappa shape index (κ3) is 4.92. The largest absolute Gasteiger partial charge is 0.493 e. The van der Waals surface area contributed by atoms with E-state index in [1.165, 1.54) is 0 Å². The second kappa shape index (κ2) is 8.75. The minimum Gasteiger partial charge on any atom is -0.493 e. The van der Waals surface area contributed by atoms with Gasteiger partial charge in [0.15, 0.2) is 17.5 Å². The van der Waals surface area contributed by atoms with Gasteiger partial charge in [-0.05, 0) is 31.5 Å². The number of aliphatic imine (C=N–C) groups is 1. The second-order valence-corrected chi connectivity index (χ2v) is 4.32. The Bertz CT molecular complexity index is 517. The number of hydrogen-bond acceptors (Lipinski definition) is 3. The summed E-state index contributed by atoms with van der Waals surface area (Å²) in [6.07, 6.45) is 5.21. The fraction of sp³-hybridized carbons (Fsp3) is 0.438. The van der Waals surface area contributed by atoms with E-state index in [0.29, 0.717) is 24.0 Å². The molecule has 0 radical (unpaired) electrons. The molecule has 0 spiro atoms. The van der Waals surface area contributed by atoms with Crippen molar-refractivity contribution in [3.8, 4) is 23.8 Å². The van der Waals surface area contributed by atoms with E-state index in [2.05, 4.69) is 10.9 Å². The lowest BCUT2D eigenvalue weighted by molar-refractivity contribution is 0.330. The molecule has 0 aliphatic carbocycles. The highest BCUT2D eigenvalue weighted by Crippen LogP contribution is 2.28. The number of hydrogen-bond donors (Lipinski definition) is 1. The van der Waals surface area contributed by atoms with Crippen LogP contribution >= 0.6 is 0 Å². The Morgan fingerprint density at radius 3 is 2.62 bits per heavy atom. The molecule has 0 heterocycles. The minimum absolute atomic E-state index is 0.199. The van der Waals surface area contributed by atoms with Crippen LogP contribution in [-0.2, 0) is 6.54 Å². The van der Waals surface area contributed by atoms with Crippen molar-refractivity contribution in [2.75, 3.05) is 26.8 Å². The van der Waals surface area contributed by atoms with Crippen LogP contribution in [0.15, 0.2) is 23.2 Å². The first-order valence-electron chi connectivity index (χ1n) is 6.94. The van der Waals surface area contributed by atoms with Crippen molar-refractivity contribution in [1.29, 1.82) is 0 Å². The molecule has 0 atom stereocenters. The van der Waals surface area contributed by atoms with Gasteiger partial charge in [0, 0.05) is 13.1 Å². The van der Waals surface area contributed by atoms with E-state index in [-0.39, 0.29) is 6.61 Å². The van der Waals surface area contributed by atoms with Gasteiger partial charge in [-0.25, -0.2) is 4.99 Å². The first-order chi connectivity index (χ1) is 10.2. The van der Waals surface area contributed by atoms with Crippen LogP contribution in [-0.4, -0.2) is 37.7 Å². The Hall–Kier alpha value is -2.35. The van der Waals surface area contributed by atoms with Crippen molar-refractivity contribution in [3.63, 3.8) is 0 Å². The average molecular weight is 289 g/mol. The number of rotatable bonds is 7. The van der Waals surface area contributed by atoms with Crippen LogP contribution < -0.4 is 15.2 Å². The van der Waals surface area contributed by atoms with Crippen molar-refractivity contribution in [2.24, 2.45) is 10.7 Å². The van der Waals surface area contributed by atoms with E-state index in [4.69, 9.17) is 21.6 Å². The van der Waals surface area contributed by atoms with Gasteiger partial charge in [0.1, 0.15) is 6.61 Å². The van der Waals surface area contributed by atoms with Crippen LogP contribution in [0.1, 0.15) is 19.4 Å². The lowest BCUT2D eigenvalue weighted by atomic mass is 10.2. The first kappa shape index (κ1) is 16.7. The lowest BCUT2D eigenvalue weighted by Gasteiger charge is -2.19. The minimum atomic E-state index is 0.199. The van der Waals surface area contributed by atoms with E-state index in [1.807, 2.05) is 36.9 Å². The Balaban J connectivity index is 2.84. The quantitative estimate of drug-likeness (QED) is 0.473. The molecule has 21 heavy (non-hydrogen) atoms. The molecular formula is C16H23N3O2. The van der Waals surface area contributed by atoms with Gasteiger partial charge in [-0.3, -0.25) is 0 Å². The molecule has 114 valence electrons. The van der Waals surface area contributed by atoms with Crippen molar-refractivity contribution in [2.45, 2.75) is 20.4 Å². The molecule has 2 N–H and O–H groups in total. The van der Waals surface area contributed by atoms with E-state index in [9.17, 15) is 0 Å². The maximum absolute atomic E-state index is 5.95. The first-order valence-corrected chi connectivity index (χ1v) is 6.94. The molecule has 0 fully saturated rings. The van der Waals surface area contributed by atoms with Crippen molar-refractivity contribution in [3.05, 3.63) is 23.8 Å². The summed E-state index contributed by atoms with van der Waals surface area (Å²) in [5.74, 6) is 4.24. The SMILES string of the molecule is C#CCOc1cc(CN=C(N)N(CC)CC)ccc1OC. The van der Waals surface area contributed by atoms with E-state index in [1.54, 1.807) is 7.11 Å². The third-order valence-corrected chi connectivity index (χ3v) is 3.05. The molecule has 5 nitrogen and oxygen atoms in total. The maximum Gasteiger partial charge on any atom is 0.191 e. The van der Waals surface area contributed by atoms with Crippen molar-refractivity contribution < 1.29 is 9.47 Å². The fourth-order valence-corrected chi connectivity index (χ4v) is 1.87. The number of methoxy groups -OCH3 is 1. The van der Waals surface area contributed by atoms with Gasteiger partial charge in [-0.15, -0.1) is 6.42 Å². The van der Waals surface area contributed by atoms with E-state index < -0.39 is 0 Å². The number of terminal acetylenes is 1. The summed E-state index contributed by atoms with van der Waals surface area (Å²) in [6.45, 7) is 6.45. The summed E-state index contributed by atoms with van der Waals surface area (Å²) in [5.41, 5.74) is 6.94. The molecule has 1 aromatic rings. The van der Waals surface area contributed by atoms with Crippen LogP contribution in [0, 0.1) is 12.3 Å². The van der Waals surface area contributed by atoms with E-state index in [0.717, 1.165) is 18.7 Å². The highest BCUT2D eigenvalue weighted by atomic mass is 16.5. The second-order valence-electron chi connectivity index (χ2n) is 4.32. The van der Waals surface area contributed by atoms with E-state index >= 15 is 0 Å². The molecule has 0 amide bonds. The molecule has 0 saturated heterocycles. The third-order valence-electron chi connectivity index (χ3n) is 3.05. The Morgan fingerprint density at radius 2 is 2.05 bits per heavy atom. The Kier molecular flexibility index (Phi) is 6.96. The molecule has 0 aliphatic rings. The molecule has 1 aromatic carbocycles. The van der Waals surface area contributed by atoms with Gasteiger partial charge in [0.2, 0.25) is 0 Å². The van der Waals surface area contributed by atoms with Gasteiger partial charge in [-0.2, -0.15) is 0 Å². The summed E-state index contributed by atoms with van der Waals surface area (Å²) in [4.78, 5) is 6.40. The predicted octanol–water partition coefficient (Wildman–Crippen LogP) is 1.86. The molecular weight excluding hydrogens is 266 g/mol. The summed E-state index contributed by atoms with van der Waals surface area (Å²) in [6, 6.07) is 5.64. The maximum atomic E-state index is 5.95.